The van der Waals surface area contributed by atoms with Gasteiger partial charge in [0.15, 0.2) is 0 Å². The lowest BCUT2D eigenvalue weighted by Crippen LogP contribution is -2.11. The Morgan fingerprint density at radius 2 is 1.56 bits per heavy atom. The summed E-state index contributed by atoms with van der Waals surface area (Å²) in [6, 6.07) is 6.67. The highest BCUT2D eigenvalue weighted by molar-refractivity contribution is 14.1. The van der Waals surface area contributed by atoms with Gasteiger partial charge < -0.3 is 15.9 Å². The van der Waals surface area contributed by atoms with E-state index in [1.165, 1.54) is 0 Å². The fraction of sp³-hybridized carbons (Fsp3) is 0. The fourth-order valence-corrected chi connectivity index (χ4v) is 2.71. The molecule has 0 aliphatic rings. The molecule has 0 aliphatic carbocycles. The number of hydrogen-bond donors (Lipinski definition) is 2. The monoisotopic (exact) mass is 448 g/mol. The molecular formula is C16H13IN6O2. The predicted octanol–water partition coefficient (Wildman–Crippen LogP) is 1.47. The van der Waals surface area contributed by atoms with E-state index >= 15 is 0 Å². The van der Waals surface area contributed by atoms with Crippen molar-refractivity contribution in [3.05, 3.63) is 70.1 Å². The summed E-state index contributed by atoms with van der Waals surface area (Å²) in [5, 5.41) is 0. The number of nitrogens with zero attached hydrogens (tertiary/aromatic N) is 4. The Kier molecular flexibility index (Phi) is 4.65. The van der Waals surface area contributed by atoms with Crippen molar-refractivity contribution in [2.24, 2.45) is 11.5 Å². The molecule has 0 saturated carbocycles. The number of hydrogen-bond acceptors (Lipinski definition) is 4. The number of halogens is 1. The van der Waals surface area contributed by atoms with Gasteiger partial charge in [0.2, 0.25) is 11.8 Å². The number of imidazole rings is 2. The van der Waals surface area contributed by atoms with Gasteiger partial charge in [-0.25, -0.2) is 9.97 Å². The predicted molar refractivity (Wildman–Crippen MR) is 100 cm³/mol. The van der Waals surface area contributed by atoms with Crippen LogP contribution in [0.2, 0.25) is 0 Å². The number of aromatic nitrogens is 4. The van der Waals surface area contributed by atoms with Crippen LogP contribution in [0, 0.1) is 3.70 Å². The molecule has 0 unspecified atom stereocenters. The summed E-state index contributed by atoms with van der Waals surface area (Å²) in [6.45, 7) is 0. The summed E-state index contributed by atoms with van der Waals surface area (Å²) in [5.74, 6) is -0.860. The van der Waals surface area contributed by atoms with Crippen LogP contribution < -0.4 is 11.5 Å². The number of nitrogens with two attached hydrogens (primary N) is 2. The van der Waals surface area contributed by atoms with Crippen LogP contribution in [-0.2, 0) is 0 Å². The number of amides is 2. The lowest BCUT2D eigenvalue weighted by atomic mass is 10.2. The molecule has 0 fully saturated rings. The van der Waals surface area contributed by atoms with Crippen LogP contribution in [-0.4, -0.2) is 30.6 Å². The smallest absolute Gasteiger partial charge is 0.248 e. The average Bonchev–Trinajstić information content (AvgIpc) is 3.21. The number of primary amides is 2. The van der Waals surface area contributed by atoms with Crippen LogP contribution in [0.25, 0.3) is 11.3 Å². The van der Waals surface area contributed by atoms with E-state index in [1.807, 2.05) is 8.80 Å². The zero-order chi connectivity index (χ0) is 18.0. The van der Waals surface area contributed by atoms with Gasteiger partial charge in [0, 0.05) is 35.9 Å². The lowest BCUT2D eigenvalue weighted by Gasteiger charge is -1.97. The van der Waals surface area contributed by atoms with Crippen LogP contribution in [0.5, 0.6) is 0 Å². The molecule has 0 aliphatic heterocycles. The van der Waals surface area contributed by atoms with Gasteiger partial charge in [-0.05, 0) is 46.9 Å². The third-order valence-corrected chi connectivity index (χ3v) is 4.23. The SMILES string of the molecule is NC(=O)c1ccn2c(I)cnc2c1.NC(=O)c1ccn2ccnc2c1. The van der Waals surface area contributed by atoms with Crippen molar-refractivity contribution in [2.45, 2.75) is 0 Å². The van der Waals surface area contributed by atoms with Gasteiger partial charge in [-0.15, -0.1) is 0 Å². The number of fused-ring (bicyclic) bond motifs is 2. The summed E-state index contributed by atoms with van der Waals surface area (Å²) in [6.07, 6.45) is 8.74. The van der Waals surface area contributed by atoms with Crippen molar-refractivity contribution in [2.75, 3.05) is 0 Å². The second-order valence-electron chi connectivity index (χ2n) is 5.06. The Morgan fingerprint density at radius 3 is 2.24 bits per heavy atom. The Hall–Kier alpha value is -2.95. The molecule has 126 valence electrons. The lowest BCUT2D eigenvalue weighted by molar-refractivity contribution is 0.0992. The molecular weight excluding hydrogens is 435 g/mol. The largest absolute Gasteiger partial charge is 0.366 e. The second-order valence-corrected chi connectivity index (χ2v) is 6.17. The molecule has 4 N–H and O–H groups in total. The first-order valence-electron chi connectivity index (χ1n) is 7.10. The molecule has 25 heavy (non-hydrogen) atoms. The van der Waals surface area contributed by atoms with Crippen molar-refractivity contribution in [3.63, 3.8) is 0 Å². The molecule has 2 amide bonds. The Morgan fingerprint density at radius 1 is 0.920 bits per heavy atom. The summed E-state index contributed by atoms with van der Waals surface area (Å²) in [4.78, 5) is 29.7. The normalized spacial score (nSPS) is 10.4. The van der Waals surface area contributed by atoms with E-state index in [1.54, 1.807) is 55.2 Å². The van der Waals surface area contributed by atoms with Crippen LogP contribution in [0.3, 0.4) is 0 Å². The third kappa shape index (κ3) is 3.60. The van der Waals surface area contributed by atoms with E-state index in [4.69, 9.17) is 11.5 Å². The highest BCUT2D eigenvalue weighted by atomic mass is 127. The Labute approximate surface area is 155 Å². The van der Waals surface area contributed by atoms with Crippen molar-refractivity contribution in [1.29, 1.82) is 0 Å². The highest BCUT2D eigenvalue weighted by Gasteiger charge is 2.04. The molecule has 0 saturated heterocycles. The first-order chi connectivity index (χ1) is 12.0. The van der Waals surface area contributed by atoms with E-state index in [0.717, 1.165) is 15.0 Å². The summed E-state index contributed by atoms with van der Waals surface area (Å²) in [5.41, 5.74) is 12.7. The Balaban J connectivity index is 0.000000146. The van der Waals surface area contributed by atoms with Crippen molar-refractivity contribution >= 4 is 45.7 Å². The molecule has 9 heteroatoms. The molecule has 0 spiro atoms. The first kappa shape index (κ1) is 16.9. The van der Waals surface area contributed by atoms with E-state index in [0.29, 0.717) is 11.1 Å². The van der Waals surface area contributed by atoms with Gasteiger partial charge >= 0.3 is 0 Å². The highest BCUT2D eigenvalue weighted by Crippen LogP contribution is 2.10. The summed E-state index contributed by atoms with van der Waals surface area (Å²) < 4.78 is 4.70. The van der Waals surface area contributed by atoms with Crippen molar-refractivity contribution in [1.82, 2.24) is 18.8 Å². The minimum atomic E-state index is -0.430. The number of pyridine rings is 2. The van der Waals surface area contributed by atoms with Crippen LogP contribution >= 0.6 is 22.6 Å². The quantitative estimate of drug-likeness (QED) is 0.451. The average molecular weight is 448 g/mol. The van der Waals surface area contributed by atoms with Gasteiger partial charge in [-0.1, -0.05) is 0 Å². The number of carbonyl (C=O) groups excluding carboxylic acids is 2. The van der Waals surface area contributed by atoms with Gasteiger partial charge in [0.05, 0.1) is 6.20 Å². The molecule has 0 atom stereocenters. The summed E-state index contributed by atoms with van der Waals surface area (Å²) in [7, 11) is 0. The van der Waals surface area contributed by atoms with Crippen LogP contribution in [0.4, 0.5) is 0 Å². The third-order valence-electron chi connectivity index (χ3n) is 3.44. The standard InChI is InChI=1S/C8H6IN3O.C8H7N3O/c9-6-4-11-7-3-5(8(10)13)1-2-12(6)7;9-8(12)6-1-3-11-4-2-10-7(11)5-6/h1-4H,(H2,10,13);1-5H,(H2,9,12). The van der Waals surface area contributed by atoms with Gasteiger partial charge in [-0.3, -0.25) is 14.0 Å². The molecule has 8 nitrogen and oxygen atoms in total. The first-order valence-corrected chi connectivity index (χ1v) is 8.18. The van der Waals surface area contributed by atoms with Gasteiger partial charge in [0.1, 0.15) is 15.0 Å². The zero-order valence-corrected chi connectivity index (χ0v) is 15.0. The van der Waals surface area contributed by atoms with Crippen LogP contribution in [0.1, 0.15) is 20.7 Å². The second kappa shape index (κ2) is 6.89. The molecule has 4 aromatic heterocycles. The van der Waals surface area contributed by atoms with Crippen molar-refractivity contribution < 1.29 is 9.59 Å². The maximum Gasteiger partial charge on any atom is 0.248 e. The van der Waals surface area contributed by atoms with Crippen molar-refractivity contribution in [3.8, 4) is 0 Å². The molecule has 4 rings (SSSR count). The fourth-order valence-electron chi connectivity index (χ4n) is 2.17. The van der Waals surface area contributed by atoms with Crippen LogP contribution in [0.15, 0.2) is 55.2 Å². The molecule has 4 aromatic rings. The minimum Gasteiger partial charge on any atom is -0.366 e. The van der Waals surface area contributed by atoms with E-state index in [9.17, 15) is 9.59 Å². The van der Waals surface area contributed by atoms with E-state index in [2.05, 4.69) is 32.6 Å². The number of rotatable bonds is 2. The zero-order valence-electron chi connectivity index (χ0n) is 12.8. The molecule has 0 bridgehead atoms. The maximum absolute atomic E-state index is 10.8. The van der Waals surface area contributed by atoms with Gasteiger partial charge in [-0.2, -0.15) is 0 Å². The molecule has 4 heterocycles. The van der Waals surface area contributed by atoms with Gasteiger partial charge in [0.25, 0.3) is 0 Å². The van der Waals surface area contributed by atoms with E-state index in [-0.39, 0.29) is 0 Å². The topological polar surface area (TPSA) is 121 Å². The minimum absolute atomic E-state index is 0.430. The Bertz CT molecular complexity index is 1080. The summed E-state index contributed by atoms with van der Waals surface area (Å²) >= 11 is 2.17. The molecule has 0 aromatic carbocycles. The van der Waals surface area contributed by atoms with E-state index < -0.39 is 11.8 Å². The maximum atomic E-state index is 10.8. The molecule has 0 radical (unpaired) electrons. The number of carbonyl (C=O) groups is 2.